The van der Waals surface area contributed by atoms with Gasteiger partial charge in [0.05, 0.1) is 13.2 Å². The molecular weight excluding hydrogens is 336 g/mol. The highest BCUT2D eigenvalue weighted by Crippen LogP contribution is 2.42. The number of ether oxygens (including phenoxy) is 2. The number of nitrogens with two attached hydrogens (primary N) is 2. The molecule has 0 unspecified atom stereocenters. The number of benzene rings is 3. The van der Waals surface area contributed by atoms with Gasteiger partial charge in [-0.1, -0.05) is 42.5 Å². The van der Waals surface area contributed by atoms with Crippen molar-refractivity contribution in [2.24, 2.45) is 0 Å². The lowest BCUT2D eigenvalue weighted by Crippen LogP contribution is -2.09. The maximum Gasteiger partial charge on any atom is 0.125 e. The number of hydrogen-bond acceptors (Lipinski definition) is 4. The summed E-state index contributed by atoms with van der Waals surface area (Å²) < 4.78 is 11.8. The van der Waals surface area contributed by atoms with E-state index >= 15 is 0 Å². The first kappa shape index (κ1) is 18.6. The summed E-state index contributed by atoms with van der Waals surface area (Å²) >= 11 is 0. The first-order valence-electron chi connectivity index (χ1n) is 9.23. The van der Waals surface area contributed by atoms with Gasteiger partial charge in [-0.25, -0.2) is 0 Å². The Morgan fingerprint density at radius 3 is 1.63 bits per heavy atom. The fraction of sp³-hybridized carbons (Fsp3) is 0.217. The minimum Gasteiger partial charge on any atom is -0.493 e. The molecule has 0 spiro atoms. The Balaban J connectivity index is 2.23. The van der Waals surface area contributed by atoms with Crippen molar-refractivity contribution in [2.75, 3.05) is 24.7 Å². The average molecular weight is 362 g/mol. The molecule has 0 bridgehead atoms. The van der Waals surface area contributed by atoms with Gasteiger partial charge in [0.2, 0.25) is 0 Å². The summed E-state index contributed by atoms with van der Waals surface area (Å²) in [5.41, 5.74) is 16.6. The van der Waals surface area contributed by atoms with Gasteiger partial charge < -0.3 is 20.9 Å². The van der Waals surface area contributed by atoms with E-state index in [2.05, 4.69) is 12.1 Å². The molecule has 4 N–H and O–H groups in total. The summed E-state index contributed by atoms with van der Waals surface area (Å²) in [5, 5.41) is 0. The van der Waals surface area contributed by atoms with E-state index in [-0.39, 0.29) is 5.92 Å². The van der Waals surface area contributed by atoms with E-state index < -0.39 is 0 Å². The van der Waals surface area contributed by atoms with Gasteiger partial charge in [-0.2, -0.15) is 0 Å². The SMILES string of the molecule is CCOc1cc(N)ccc1C(c1ccccc1)c1ccc(N)cc1OCC. The molecule has 3 rings (SSSR count). The van der Waals surface area contributed by atoms with E-state index in [1.165, 1.54) is 0 Å². The molecule has 0 heterocycles. The number of hydrogen-bond donors (Lipinski definition) is 2. The molecular formula is C23H26N2O2. The zero-order chi connectivity index (χ0) is 19.2. The molecule has 0 amide bonds. The second-order valence-corrected chi connectivity index (χ2v) is 6.30. The lowest BCUT2D eigenvalue weighted by molar-refractivity contribution is 0.331. The quantitative estimate of drug-likeness (QED) is 0.466. The Kier molecular flexibility index (Phi) is 5.87. The maximum absolute atomic E-state index is 6.01. The van der Waals surface area contributed by atoms with Crippen LogP contribution in [0.3, 0.4) is 0 Å². The van der Waals surface area contributed by atoms with Crippen LogP contribution < -0.4 is 20.9 Å². The van der Waals surface area contributed by atoms with Crippen molar-refractivity contribution in [3.8, 4) is 11.5 Å². The van der Waals surface area contributed by atoms with Crippen LogP contribution in [0, 0.1) is 0 Å². The Labute approximate surface area is 160 Å². The Bertz CT molecular complexity index is 839. The number of anilines is 2. The summed E-state index contributed by atoms with van der Waals surface area (Å²) in [5.74, 6) is 1.51. The Hall–Kier alpha value is -3.14. The molecule has 4 heteroatoms. The van der Waals surface area contributed by atoms with Gasteiger partial charge in [0, 0.05) is 40.6 Å². The van der Waals surface area contributed by atoms with Crippen molar-refractivity contribution in [3.05, 3.63) is 83.4 Å². The van der Waals surface area contributed by atoms with Crippen molar-refractivity contribution in [2.45, 2.75) is 19.8 Å². The largest absolute Gasteiger partial charge is 0.493 e. The minimum atomic E-state index is -0.0597. The average Bonchev–Trinajstić information content (AvgIpc) is 2.66. The molecule has 0 aromatic heterocycles. The van der Waals surface area contributed by atoms with Crippen LogP contribution in [0.15, 0.2) is 66.7 Å². The molecule has 0 saturated carbocycles. The monoisotopic (exact) mass is 362 g/mol. The van der Waals surface area contributed by atoms with Gasteiger partial charge in [-0.05, 0) is 31.5 Å². The molecule has 4 nitrogen and oxygen atoms in total. The van der Waals surface area contributed by atoms with Crippen molar-refractivity contribution >= 4 is 11.4 Å². The van der Waals surface area contributed by atoms with Crippen LogP contribution >= 0.6 is 0 Å². The van der Waals surface area contributed by atoms with Gasteiger partial charge in [-0.3, -0.25) is 0 Å². The standard InChI is InChI=1S/C23H26N2O2/c1-3-26-21-14-17(24)10-12-19(21)23(16-8-6-5-7-9-16)20-13-11-18(25)15-22(20)27-4-2/h5-15,23H,3-4,24-25H2,1-2H3. The predicted molar refractivity (Wildman–Crippen MR) is 111 cm³/mol. The highest BCUT2D eigenvalue weighted by molar-refractivity contribution is 5.59. The van der Waals surface area contributed by atoms with Crippen LogP contribution in [0.1, 0.15) is 36.5 Å². The molecule has 3 aromatic carbocycles. The van der Waals surface area contributed by atoms with Crippen LogP contribution in [0.4, 0.5) is 11.4 Å². The fourth-order valence-electron chi connectivity index (χ4n) is 3.31. The zero-order valence-corrected chi connectivity index (χ0v) is 15.8. The van der Waals surface area contributed by atoms with Crippen LogP contribution in [0.25, 0.3) is 0 Å². The second-order valence-electron chi connectivity index (χ2n) is 6.30. The predicted octanol–water partition coefficient (Wildman–Crippen LogP) is 4.83. The molecule has 0 atom stereocenters. The third kappa shape index (κ3) is 4.17. The van der Waals surface area contributed by atoms with E-state index in [0.717, 1.165) is 28.2 Å². The molecule has 0 aliphatic rings. The second kappa shape index (κ2) is 8.49. The summed E-state index contributed by atoms with van der Waals surface area (Å²) in [4.78, 5) is 0. The highest BCUT2D eigenvalue weighted by atomic mass is 16.5. The summed E-state index contributed by atoms with van der Waals surface area (Å²) in [6, 6.07) is 22.0. The van der Waals surface area contributed by atoms with E-state index in [1.54, 1.807) is 0 Å². The van der Waals surface area contributed by atoms with Gasteiger partial charge in [0.25, 0.3) is 0 Å². The molecule has 27 heavy (non-hydrogen) atoms. The molecule has 0 saturated heterocycles. The van der Waals surface area contributed by atoms with Crippen LogP contribution in [0.5, 0.6) is 11.5 Å². The van der Waals surface area contributed by atoms with Gasteiger partial charge in [0.1, 0.15) is 11.5 Å². The molecule has 3 aromatic rings. The lowest BCUT2D eigenvalue weighted by Gasteiger charge is -2.24. The summed E-state index contributed by atoms with van der Waals surface area (Å²) in [6.45, 7) is 5.08. The Morgan fingerprint density at radius 1 is 0.704 bits per heavy atom. The summed E-state index contributed by atoms with van der Waals surface area (Å²) in [7, 11) is 0. The lowest BCUT2D eigenvalue weighted by atomic mass is 9.84. The van der Waals surface area contributed by atoms with Crippen LogP contribution in [-0.4, -0.2) is 13.2 Å². The third-order valence-electron chi connectivity index (χ3n) is 4.43. The normalized spacial score (nSPS) is 10.8. The highest BCUT2D eigenvalue weighted by Gasteiger charge is 2.24. The van der Waals surface area contributed by atoms with E-state index in [0.29, 0.717) is 24.6 Å². The van der Waals surface area contributed by atoms with E-state index in [4.69, 9.17) is 20.9 Å². The molecule has 0 radical (unpaired) electrons. The topological polar surface area (TPSA) is 70.5 Å². The van der Waals surface area contributed by atoms with Gasteiger partial charge in [-0.15, -0.1) is 0 Å². The van der Waals surface area contributed by atoms with Gasteiger partial charge in [0.15, 0.2) is 0 Å². The third-order valence-corrected chi connectivity index (χ3v) is 4.43. The zero-order valence-electron chi connectivity index (χ0n) is 15.8. The number of rotatable bonds is 7. The number of nitrogen functional groups attached to an aromatic ring is 2. The minimum absolute atomic E-state index is 0.0597. The first-order chi connectivity index (χ1) is 13.1. The van der Waals surface area contributed by atoms with Crippen molar-refractivity contribution in [3.63, 3.8) is 0 Å². The first-order valence-corrected chi connectivity index (χ1v) is 9.23. The van der Waals surface area contributed by atoms with Crippen molar-refractivity contribution in [1.29, 1.82) is 0 Å². The van der Waals surface area contributed by atoms with Crippen molar-refractivity contribution in [1.82, 2.24) is 0 Å². The molecule has 140 valence electrons. The van der Waals surface area contributed by atoms with Crippen LogP contribution in [0.2, 0.25) is 0 Å². The smallest absolute Gasteiger partial charge is 0.125 e. The summed E-state index contributed by atoms with van der Waals surface area (Å²) in [6.07, 6.45) is 0. The fourth-order valence-corrected chi connectivity index (χ4v) is 3.31. The van der Waals surface area contributed by atoms with Crippen molar-refractivity contribution < 1.29 is 9.47 Å². The molecule has 0 fully saturated rings. The molecule has 0 aliphatic heterocycles. The van der Waals surface area contributed by atoms with E-state index in [9.17, 15) is 0 Å². The maximum atomic E-state index is 6.01. The van der Waals surface area contributed by atoms with Gasteiger partial charge >= 0.3 is 0 Å². The molecule has 0 aliphatic carbocycles. The van der Waals surface area contributed by atoms with Crippen LogP contribution in [-0.2, 0) is 0 Å². The Morgan fingerprint density at radius 2 is 1.19 bits per heavy atom. The van der Waals surface area contributed by atoms with E-state index in [1.807, 2.05) is 68.4 Å².